The molecular weight excluding hydrogens is 1010 g/mol. The van der Waals surface area contributed by atoms with Crippen molar-refractivity contribution in [3.63, 3.8) is 0 Å². The lowest BCUT2D eigenvalue weighted by atomic mass is 10.0. The van der Waals surface area contributed by atoms with Crippen molar-refractivity contribution < 1.29 is 28.6 Å². The maximum Gasteiger partial charge on any atom is 0.306 e. The summed E-state index contributed by atoms with van der Waals surface area (Å²) in [6.07, 6.45) is 95.6. The van der Waals surface area contributed by atoms with E-state index < -0.39 is 6.10 Å². The first-order chi connectivity index (χ1) is 40.5. The number of carbonyl (C=O) groups excluding carboxylic acids is 3. The first kappa shape index (κ1) is 78.1. The third kappa shape index (κ3) is 66.9. The molecule has 0 amide bonds. The van der Waals surface area contributed by atoms with Gasteiger partial charge in [0.2, 0.25) is 0 Å². The zero-order valence-electron chi connectivity index (χ0n) is 54.0. The van der Waals surface area contributed by atoms with Crippen molar-refractivity contribution in [1.82, 2.24) is 0 Å². The van der Waals surface area contributed by atoms with E-state index in [9.17, 15) is 14.4 Å². The van der Waals surface area contributed by atoms with Crippen LogP contribution in [0.15, 0.2) is 109 Å². The first-order valence-corrected chi connectivity index (χ1v) is 34.9. The third-order valence-electron chi connectivity index (χ3n) is 15.0. The van der Waals surface area contributed by atoms with E-state index in [0.29, 0.717) is 19.3 Å². The average molecular weight is 1140 g/mol. The standard InChI is InChI=1S/C76H130O6/c1-4-7-10-13-16-19-21-23-25-27-29-31-33-35-36-37-38-39-40-42-43-45-47-49-51-53-55-57-60-63-66-69-75(78)81-72-73(71-80-74(77)68-65-62-59-18-15-12-9-6-3)82-76(79)70-67-64-61-58-56-54-52-50-48-46-44-41-34-32-30-28-26-24-22-20-17-14-11-8-5-2/h7,10,16,19,23,25,28-31,35-36,38-39,42-43,47,49,73H,4-6,8-9,11-15,17-18,20-22,24,26-27,32-34,37,40-41,44-46,48,50-72H2,1-3H3/b10-7-,19-16-,25-23-,30-28-,31-29-,36-35-,39-38-,43-42-,49-47-. The van der Waals surface area contributed by atoms with Gasteiger partial charge in [-0.3, -0.25) is 14.4 Å². The Labute approximate surface area is 508 Å². The molecule has 0 saturated heterocycles. The molecule has 0 spiro atoms. The summed E-state index contributed by atoms with van der Waals surface area (Å²) in [6.45, 7) is 6.51. The molecule has 0 aliphatic heterocycles. The maximum atomic E-state index is 12.9. The normalized spacial score (nSPS) is 12.8. The number of hydrogen-bond donors (Lipinski definition) is 0. The second-order valence-corrected chi connectivity index (χ2v) is 23.1. The minimum atomic E-state index is -0.784. The van der Waals surface area contributed by atoms with Gasteiger partial charge in [0.15, 0.2) is 6.10 Å². The van der Waals surface area contributed by atoms with Gasteiger partial charge in [-0.05, 0) is 109 Å². The van der Waals surface area contributed by atoms with Crippen LogP contribution in [0.5, 0.6) is 0 Å². The van der Waals surface area contributed by atoms with Gasteiger partial charge in [-0.1, -0.05) is 316 Å². The monoisotopic (exact) mass is 1140 g/mol. The van der Waals surface area contributed by atoms with E-state index in [0.717, 1.165) is 122 Å². The molecule has 0 fully saturated rings. The van der Waals surface area contributed by atoms with Crippen LogP contribution in [0, 0.1) is 0 Å². The van der Waals surface area contributed by atoms with Gasteiger partial charge in [-0.2, -0.15) is 0 Å². The number of esters is 3. The maximum absolute atomic E-state index is 12.9. The summed E-state index contributed by atoms with van der Waals surface area (Å²) in [6, 6.07) is 0. The minimum Gasteiger partial charge on any atom is -0.462 e. The van der Waals surface area contributed by atoms with E-state index in [1.807, 2.05) is 0 Å². The van der Waals surface area contributed by atoms with Crippen LogP contribution < -0.4 is 0 Å². The minimum absolute atomic E-state index is 0.0805. The molecule has 470 valence electrons. The summed E-state index contributed by atoms with van der Waals surface area (Å²) in [7, 11) is 0. The summed E-state index contributed by atoms with van der Waals surface area (Å²) < 4.78 is 16.9. The van der Waals surface area contributed by atoms with Gasteiger partial charge < -0.3 is 14.2 Å². The van der Waals surface area contributed by atoms with Gasteiger partial charge in [0.05, 0.1) is 0 Å². The fraction of sp³-hybridized carbons (Fsp3) is 0.724. The fourth-order valence-corrected chi connectivity index (χ4v) is 9.81. The molecule has 0 aromatic rings. The first-order valence-electron chi connectivity index (χ1n) is 34.9. The highest BCUT2D eigenvalue weighted by Gasteiger charge is 2.19. The van der Waals surface area contributed by atoms with Gasteiger partial charge in [0.25, 0.3) is 0 Å². The number of allylic oxidation sites excluding steroid dienone is 18. The topological polar surface area (TPSA) is 78.9 Å². The van der Waals surface area contributed by atoms with E-state index >= 15 is 0 Å². The van der Waals surface area contributed by atoms with Crippen LogP contribution in [-0.2, 0) is 28.6 Å². The lowest BCUT2D eigenvalue weighted by Gasteiger charge is -2.18. The highest BCUT2D eigenvalue weighted by atomic mass is 16.6. The van der Waals surface area contributed by atoms with Crippen molar-refractivity contribution in [3.05, 3.63) is 109 Å². The van der Waals surface area contributed by atoms with Gasteiger partial charge in [-0.15, -0.1) is 0 Å². The van der Waals surface area contributed by atoms with E-state index in [-0.39, 0.29) is 31.1 Å². The number of ether oxygens (including phenoxy) is 3. The molecule has 0 N–H and O–H groups in total. The highest BCUT2D eigenvalue weighted by molar-refractivity contribution is 5.71. The quantitative estimate of drug-likeness (QED) is 0.0261. The van der Waals surface area contributed by atoms with Crippen LogP contribution in [0.3, 0.4) is 0 Å². The SMILES string of the molecule is CC/C=C\C/C=C\C/C=C\C/C=C\C/C=C\C/C=C\C/C=C\C/C=C\CCCCCCCCC(=O)OCC(COC(=O)CCCCCCCCCC)OC(=O)CCCCCCCCCCCCCCC/C=C\CCCCCCCCCC. The molecule has 6 heteroatoms. The lowest BCUT2D eigenvalue weighted by molar-refractivity contribution is -0.167. The van der Waals surface area contributed by atoms with Crippen LogP contribution in [0.2, 0.25) is 0 Å². The lowest BCUT2D eigenvalue weighted by Crippen LogP contribution is -2.30. The molecular formula is C76H130O6. The number of hydrogen-bond acceptors (Lipinski definition) is 6. The van der Waals surface area contributed by atoms with Crippen molar-refractivity contribution in [3.8, 4) is 0 Å². The van der Waals surface area contributed by atoms with Gasteiger partial charge in [-0.25, -0.2) is 0 Å². The van der Waals surface area contributed by atoms with Gasteiger partial charge >= 0.3 is 17.9 Å². The number of unbranched alkanes of at least 4 members (excludes halogenated alkanes) is 34. The van der Waals surface area contributed by atoms with E-state index in [4.69, 9.17) is 14.2 Å². The molecule has 0 aliphatic rings. The Kier molecular flexibility index (Phi) is 66.2. The predicted octanol–water partition coefficient (Wildman–Crippen LogP) is 24.2. The average Bonchev–Trinajstić information content (AvgIpc) is 3.47. The molecule has 1 atom stereocenters. The Morgan fingerprint density at radius 2 is 0.476 bits per heavy atom. The van der Waals surface area contributed by atoms with Crippen molar-refractivity contribution in [2.75, 3.05) is 13.2 Å². The van der Waals surface area contributed by atoms with Crippen molar-refractivity contribution in [2.24, 2.45) is 0 Å². The number of carbonyl (C=O) groups is 3. The molecule has 0 heterocycles. The molecule has 0 aromatic heterocycles. The van der Waals surface area contributed by atoms with Crippen molar-refractivity contribution >= 4 is 17.9 Å². The Balaban J connectivity index is 4.18. The van der Waals surface area contributed by atoms with Crippen molar-refractivity contribution in [1.29, 1.82) is 0 Å². The molecule has 0 bridgehead atoms. The van der Waals surface area contributed by atoms with Crippen LogP contribution in [-0.4, -0.2) is 37.2 Å². The summed E-state index contributed by atoms with van der Waals surface area (Å²) >= 11 is 0. The zero-order valence-corrected chi connectivity index (χ0v) is 54.0. The summed E-state index contributed by atoms with van der Waals surface area (Å²) in [4.78, 5) is 38.2. The Morgan fingerprint density at radius 3 is 0.756 bits per heavy atom. The molecule has 0 aliphatic carbocycles. The number of rotatable bonds is 63. The Morgan fingerprint density at radius 1 is 0.256 bits per heavy atom. The van der Waals surface area contributed by atoms with Crippen LogP contribution in [0.25, 0.3) is 0 Å². The van der Waals surface area contributed by atoms with Crippen LogP contribution >= 0.6 is 0 Å². The summed E-state index contributed by atoms with van der Waals surface area (Å²) in [5.41, 5.74) is 0. The zero-order chi connectivity index (χ0) is 59.2. The van der Waals surface area contributed by atoms with E-state index in [1.165, 1.54) is 173 Å². The van der Waals surface area contributed by atoms with E-state index in [2.05, 4.69) is 130 Å². The van der Waals surface area contributed by atoms with Crippen molar-refractivity contribution in [2.45, 2.75) is 341 Å². The molecule has 82 heavy (non-hydrogen) atoms. The predicted molar refractivity (Wildman–Crippen MR) is 357 cm³/mol. The molecule has 0 saturated carbocycles. The smallest absolute Gasteiger partial charge is 0.306 e. The summed E-state index contributed by atoms with van der Waals surface area (Å²) in [5.74, 6) is -0.889. The molecule has 0 radical (unpaired) electrons. The highest BCUT2D eigenvalue weighted by Crippen LogP contribution is 2.17. The Hall–Kier alpha value is -3.93. The second kappa shape index (κ2) is 69.6. The molecule has 0 aromatic carbocycles. The van der Waals surface area contributed by atoms with E-state index in [1.54, 1.807) is 0 Å². The van der Waals surface area contributed by atoms with Gasteiger partial charge in [0, 0.05) is 19.3 Å². The van der Waals surface area contributed by atoms with Gasteiger partial charge in [0.1, 0.15) is 13.2 Å². The fourth-order valence-electron chi connectivity index (χ4n) is 9.81. The van der Waals surface area contributed by atoms with Crippen LogP contribution in [0.4, 0.5) is 0 Å². The molecule has 6 nitrogen and oxygen atoms in total. The van der Waals surface area contributed by atoms with Crippen LogP contribution in [0.1, 0.15) is 335 Å². The largest absolute Gasteiger partial charge is 0.462 e. The third-order valence-corrected chi connectivity index (χ3v) is 15.0. The Bertz CT molecular complexity index is 1640. The molecule has 0 rings (SSSR count). The molecule has 1 unspecified atom stereocenters. The summed E-state index contributed by atoms with van der Waals surface area (Å²) in [5, 5.41) is 0. The second-order valence-electron chi connectivity index (χ2n) is 23.1.